The minimum absolute atomic E-state index is 0.550. The molecule has 0 saturated carbocycles. The molecule has 1 N–H and O–H groups in total. The maximum absolute atomic E-state index is 4.76. The third kappa shape index (κ3) is 2.61. The van der Waals surface area contributed by atoms with Crippen LogP contribution in [0.1, 0.15) is 50.3 Å². The van der Waals surface area contributed by atoms with Crippen LogP contribution in [-0.2, 0) is 19.4 Å². The largest absolute Gasteiger partial charge is 0.330 e. The van der Waals surface area contributed by atoms with E-state index in [-0.39, 0.29) is 0 Å². The highest BCUT2D eigenvalue weighted by atomic mass is 15.1. The fourth-order valence-electron chi connectivity index (χ4n) is 3.01. The Hall–Kier alpha value is -0.830. The van der Waals surface area contributed by atoms with Crippen molar-refractivity contribution in [3.05, 3.63) is 17.2 Å². The number of aryl methyl sites for hydroxylation is 2. The van der Waals surface area contributed by atoms with Gasteiger partial charge in [-0.25, -0.2) is 4.98 Å². The number of fused-ring (bicyclic) bond motifs is 1. The average molecular weight is 249 g/mol. The van der Waals surface area contributed by atoms with Crippen LogP contribution in [0.15, 0.2) is 0 Å². The van der Waals surface area contributed by atoms with Gasteiger partial charge in [0.2, 0.25) is 0 Å². The molecule has 0 fully saturated rings. The van der Waals surface area contributed by atoms with Crippen molar-refractivity contribution < 1.29 is 0 Å². The van der Waals surface area contributed by atoms with E-state index in [0.717, 1.165) is 6.54 Å². The Labute approximate surface area is 111 Å². The van der Waals surface area contributed by atoms with Gasteiger partial charge in [-0.2, -0.15) is 0 Å². The molecule has 0 aromatic carbocycles. The summed E-state index contributed by atoms with van der Waals surface area (Å²) in [5.41, 5.74) is 2.86. The van der Waals surface area contributed by atoms with Gasteiger partial charge in [-0.1, -0.05) is 20.3 Å². The molecule has 1 aliphatic carbocycles. The van der Waals surface area contributed by atoms with Crippen LogP contribution in [0.3, 0.4) is 0 Å². The van der Waals surface area contributed by atoms with E-state index in [0.29, 0.717) is 12.0 Å². The maximum Gasteiger partial charge on any atom is 0.106 e. The highest BCUT2D eigenvalue weighted by Gasteiger charge is 2.21. The Bertz CT molecular complexity index is 395. The van der Waals surface area contributed by atoms with Gasteiger partial charge in [0.1, 0.15) is 5.82 Å². The van der Waals surface area contributed by atoms with Gasteiger partial charge >= 0.3 is 0 Å². The molecule has 3 nitrogen and oxygen atoms in total. The second-order valence-electron chi connectivity index (χ2n) is 5.65. The van der Waals surface area contributed by atoms with E-state index >= 15 is 0 Å². The number of likely N-dealkylation sites (N-methyl/N-ethyl adjacent to an activating group) is 1. The highest BCUT2D eigenvalue weighted by molar-refractivity contribution is 5.20. The van der Waals surface area contributed by atoms with Crippen LogP contribution >= 0.6 is 0 Å². The van der Waals surface area contributed by atoms with Gasteiger partial charge in [0.15, 0.2) is 0 Å². The first kappa shape index (κ1) is 13.6. The summed E-state index contributed by atoms with van der Waals surface area (Å²) in [6.07, 6.45) is 6.25. The summed E-state index contributed by atoms with van der Waals surface area (Å²) in [6.45, 7) is 7.83. The standard InChI is InChI=1S/C15H27N3/c1-5-11(2)14(16-4)10-18-12(3)17-13-8-6-7-9-15(13)18/h11,14,16H,5-10H2,1-4H3. The molecule has 1 aromatic rings. The molecule has 102 valence electrons. The first-order valence-electron chi connectivity index (χ1n) is 7.39. The average Bonchev–Trinajstić information content (AvgIpc) is 2.71. The molecule has 1 heterocycles. The zero-order valence-corrected chi connectivity index (χ0v) is 12.3. The van der Waals surface area contributed by atoms with Crippen molar-refractivity contribution in [3.63, 3.8) is 0 Å². The summed E-state index contributed by atoms with van der Waals surface area (Å²) in [7, 11) is 2.08. The van der Waals surface area contributed by atoms with E-state index in [2.05, 4.69) is 37.7 Å². The topological polar surface area (TPSA) is 29.9 Å². The van der Waals surface area contributed by atoms with E-state index in [1.54, 1.807) is 0 Å². The second kappa shape index (κ2) is 5.87. The van der Waals surface area contributed by atoms with E-state index in [9.17, 15) is 0 Å². The van der Waals surface area contributed by atoms with Crippen molar-refractivity contribution in [2.24, 2.45) is 5.92 Å². The smallest absolute Gasteiger partial charge is 0.106 e. The lowest BCUT2D eigenvalue weighted by molar-refractivity contribution is 0.341. The zero-order valence-electron chi connectivity index (χ0n) is 12.3. The van der Waals surface area contributed by atoms with Crippen molar-refractivity contribution in [3.8, 4) is 0 Å². The van der Waals surface area contributed by atoms with E-state index in [4.69, 9.17) is 4.98 Å². The molecular formula is C15H27N3. The Balaban J connectivity index is 2.20. The third-order valence-electron chi connectivity index (χ3n) is 4.50. The van der Waals surface area contributed by atoms with Gasteiger partial charge in [-0.3, -0.25) is 0 Å². The molecule has 1 aliphatic rings. The maximum atomic E-state index is 4.76. The molecule has 0 saturated heterocycles. The molecule has 0 radical (unpaired) electrons. The van der Waals surface area contributed by atoms with Gasteiger partial charge in [-0.15, -0.1) is 0 Å². The normalized spacial score (nSPS) is 18.4. The molecule has 0 amide bonds. The van der Waals surface area contributed by atoms with E-state index in [1.165, 1.54) is 49.3 Å². The zero-order chi connectivity index (χ0) is 13.1. The SMILES string of the molecule is CCC(C)C(Cn1c(C)nc2c1CCCC2)NC. The number of rotatable bonds is 5. The molecule has 0 bridgehead atoms. The van der Waals surface area contributed by atoms with Crippen molar-refractivity contribution in [1.82, 2.24) is 14.9 Å². The van der Waals surface area contributed by atoms with Crippen LogP contribution in [0.4, 0.5) is 0 Å². The predicted molar refractivity (Wildman–Crippen MR) is 75.9 cm³/mol. The summed E-state index contributed by atoms with van der Waals surface area (Å²) < 4.78 is 2.46. The fourth-order valence-corrected chi connectivity index (χ4v) is 3.01. The molecule has 3 heteroatoms. The molecule has 2 atom stereocenters. The Morgan fingerprint density at radius 3 is 2.72 bits per heavy atom. The molecule has 18 heavy (non-hydrogen) atoms. The third-order valence-corrected chi connectivity index (χ3v) is 4.50. The van der Waals surface area contributed by atoms with Gasteiger partial charge in [0.05, 0.1) is 5.69 Å². The Morgan fingerprint density at radius 1 is 1.33 bits per heavy atom. The summed E-state index contributed by atoms with van der Waals surface area (Å²) in [5.74, 6) is 1.90. The molecular weight excluding hydrogens is 222 g/mol. The Morgan fingerprint density at radius 2 is 2.06 bits per heavy atom. The van der Waals surface area contributed by atoms with Crippen LogP contribution in [0.2, 0.25) is 0 Å². The second-order valence-corrected chi connectivity index (χ2v) is 5.65. The number of hydrogen-bond donors (Lipinski definition) is 1. The predicted octanol–water partition coefficient (Wildman–Crippen LogP) is 2.70. The lowest BCUT2D eigenvalue weighted by Gasteiger charge is -2.25. The number of hydrogen-bond acceptors (Lipinski definition) is 2. The van der Waals surface area contributed by atoms with Gasteiger partial charge < -0.3 is 9.88 Å². The number of imidazole rings is 1. The summed E-state index contributed by atoms with van der Waals surface area (Å²) in [4.78, 5) is 4.76. The van der Waals surface area contributed by atoms with Crippen LogP contribution in [0.25, 0.3) is 0 Å². The fraction of sp³-hybridized carbons (Fsp3) is 0.800. The lowest BCUT2D eigenvalue weighted by Crippen LogP contribution is -2.36. The Kier molecular flexibility index (Phi) is 4.44. The van der Waals surface area contributed by atoms with Crippen molar-refractivity contribution in [2.75, 3.05) is 7.05 Å². The van der Waals surface area contributed by atoms with Gasteiger partial charge in [0, 0.05) is 18.3 Å². The van der Waals surface area contributed by atoms with Crippen LogP contribution < -0.4 is 5.32 Å². The summed E-state index contributed by atoms with van der Waals surface area (Å²) in [5, 5.41) is 3.48. The van der Waals surface area contributed by atoms with Crippen LogP contribution in [-0.4, -0.2) is 22.6 Å². The number of nitrogens with zero attached hydrogens (tertiary/aromatic N) is 2. The molecule has 0 aliphatic heterocycles. The first-order chi connectivity index (χ1) is 8.67. The molecule has 2 unspecified atom stereocenters. The van der Waals surface area contributed by atoms with Crippen LogP contribution in [0, 0.1) is 12.8 Å². The lowest BCUT2D eigenvalue weighted by atomic mass is 9.98. The van der Waals surface area contributed by atoms with Crippen molar-refractivity contribution >= 4 is 0 Å². The minimum atomic E-state index is 0.550. The molecule has 0 spiro atoms. The van der Waals surface area contributed by atoms with Crippen molar-refractivity contribution in [1.29, 1.82) is 0 Å². The molecule has 2 rings (SSSR count). The monoisotopic (exact) mass is 249 g/mol. The minimum Gasteiger partial charge on any atom is -0.330 e. The molecule has 1 aromatic heterocycles. The highest BCUT2D eigenvalue weighted by Crippen LogP contribution is 2.23. The van der Waals surface area contributed by atoms with Crippen molar-refractivity contribution in [2.45, 2.75) is 65.5 Å². The number of aromatic nitrogens is 2. The van der Waals surface area contributed by atoms with Gasteiger partial charge in [-0.05, 0) is 45.6 Å². The summed E-state index contributed by atoms with van der Waals surface area (Å²) in [6, 6.07) is 0.550. The first-order valence-corrected chi connectivity index (χ1v) is 7.39. The van der Waals surface area contributed by atoms with E-state index < -0.39 is 0 Å². The van der Waals surface area contributed by atoms with E-state index in [1.807, 2.05) is 0 Å². The van der Waals surface area contributed by atoms with Gasteiger partial charge in [0.25, 0.3) is 0 Å². The quantitative estimate of drug-likeness (QED) is 0.869. The van der Waals surface area contributed by atoms with Crippen LogP contribution in [0.5, 0.6) is 0 Å². The number of nitrogens with one attached hydrogen (secondary N) is 1. The summed E-state index contributed by atoms with van der Waals surface area (Å²) >= 11 is 0.